The lowest BCUT2D eigenvalue weighted by Crippen LogP contribution is -2.14. The van der Waals surface area contributed by atoms with E-state index in [9.17, 15) is 0 Å². The summed E-state index contributed by atoms with van der Waals surface area (Å²) < 4.78 is 7.81. The summed E-state index contributed by atoms with van der Waals surface area (Å²) in [6.45, 7) is 6.28. The molecule has 0 aliphatic rings. The van der Waals surface area contributed by atoms with Gasteiger partial charge in [0.2, 0.25) is 0 Å². The quantitative estimate of drug-likeness (QED) is 0.646. The topological polar surface area (TPSA) is 12.5 Å². The average molecular weight is 209 g/mol. The second-order valence-corrected chi connectivity index (χ2v) is 8.00. The SMILES string of the molecule is CCCC(C)OP(C)(=S)N(C)C. The third kappa shape index (κ3) is 4.56. The van der Waals surface area contributed by atoms with Gasteiger partial charge in [-0.1, -0.05) is 25.2 Å². The van der Waals surface area contributed by atoms with E-state index in [1.807, 2.05) is 25.4 Å². The van der Waals surface area contributed by atoms with Gasteiger partial charge >= 0.3 is 0 Å². The molecule has 0 heterocycles. The van der Waals surface area contributed by atoms with E-state index in [1.54, 1.807) is 0 Å². The van der Waals surface area contributed by atoms with E-state index in [1.165, 1.54) is 0 Å². The van der Waals surface area contributed by atoms with Crippen LogP contribution in [0.2, 0.25) is 0 Å². The summed E-state index contributed by atoms with van der Waals surface area (Å²) in [7, 11) is 3.97. The minimum atomic E-state index is -1.68. The van der Waals surface area contributed by atoms with Crippen LogP contribution >= 0.6 is 6.42 Å². The molecule has 74 valence electrons. The minimum Gasteiger partial charge on any atom is -0.335 e. The molecule has 0 saturated carbocycles. The Morgan fingerprint density at radius 1 is 1.50 bits per heavy atom. The molecule has 0 N–H and O–H groups in total. The van der Waals surface area contributed by atoms with E-state index in [2.05, 4.69) is 13.8 Å². The second kappa shape index (κ2) is 5.33. The fourth-order valence-corrected chi connectivity index (χ4v) is 2.29. The Kier molecular flexibility index (Phi) is 5.59. The lowest BCUT2D eigenvalue weighted by Gasteiger charge is -2.27. The molecule has 0 aromatic heterocycles. The highest BCUT2D eigenvalue weighted by molar-refractivity contribution is 8.10. The predicted molar refractivity (Wildman–Crippen MR) is 59.4 cm³/mol. The minimum absolute atomic E-state index is 0.299. The maximum atomic E-state index is 5.79. The first kappa shape index (κ1) is 12.6. The molecular weight excluding hydrogens is 189 g/mol. The lowest BCUT2D eigenvalue weighted by atomic mass is 10.2. The van der Waals surface area contributed by atoms with E-state index in [0.29, 0.717) is 6.10 Å². The van der Waals surface area contributed by atoms with Gasteiger partial charge in [-0.15, -0.1) is 0 Å². The largest absolute Gasteiger partial charge is 0.335 e. The summed E-state index contributed by atoms with van der Waals surface area (Å²) in [6.07, 6.45) is 0.870. The number of rotatable bonds is 5. The van der Waals surface area contributed by atoms with E-state index in [-0.39, 0.29) is 0 Å². The number of hydrogen-bond acceptors (Lipinski definition) is 2. The zero-order chi connectivity index (χ0) is 9.78. The molecule has 2 atom stereocenters. The zero-order valence-corrected chi connectivity index (χ0v) is 10.4. The normalized spacial score (nSPS) is 19.2. The van der Waals surface area contributed by atoms with Crippen molar-refractivity contribution in [2.75, 3.05) is 20.8 Å². The Morgan fingerprint density at radius 2 is 2.00 bits per heavy atom. The van der Waals surface area contributed by atoms with Gasteiger partial charge in [-0.2, -0.15) is 0 Å². The molecule has 0 fully saturated rings. The molecule has 0 spiro atoms. The molecule has 0 amide bonds. The highest BCUT2D eigenvalue weighted by Gasteiger charge is 2.16. The summed E-state index contributed by atoms with van der Waals surface area (Å²) in [5.41, 5.74) is 0. The molecule has 0 rings (SSSR count). The zero-order valence-electron chi connectivity index (χ0n) is 8.70. The summed E-state index contributed by atoms with van der Waals surface area (Å²) >= 11 is 5.37. The van der Waals surface area contributed by atoms with Crippen LogP contribution in [0.15, 0.2) is 0 Å². The molecule has 0 saturated heterocycles. The number of nitrogens with zero attached hydrogens (tertiary/aromatic N) is 1. The molecule has 0 bridgehead atoms. The fourth-order valence-electron chi connectivity index (χ4n) is 0.887. The van der Waals surface area contributed by atoms with Crippen molar-refractivity contribution in [2.45, 2.75) is 32.8 Å². The van der Waals surface area contributed by atoms with Gasteiger partial charge in [0.05, 0.1) is 6.10 Å². The van der Waals surface area contributed by atoms with Gasteiger partial charge in [-0.3, -0.25) is 4.67 Å². The maximum Gasteiger partial charge on any atom is 0.128 e. The van der Waals surface area contributed by atoms with Gasteiger partial charge in [0.1, 0.15) is 6.42 Å². The van der Waals surface area contributed by atoms with Crippen molar-refractivity contribution in [3.63, 3.8) is 0 Å². The summed E-state index contributed by atoms with van der Waals surface area (Å²) in [4.78, 5) is 0. The van der Waals surface area contributed by atoms with E-state index in [4.69, 9.17) is 16.3 Å². The molecule has 0 aliphatic heterocycles. The fraction of sp³-hybridized carbons (Fsp3) is 1.00. The monoisotopic (exact) mass is 209 g/mol. The molecule has 12 heavy (non-hydrogen) atoms. The summed E-state index contributed by atoms with van der Waals surface area (Å²) in [5.74, 6) is 0. The smallest absolute Gasteiger partial charge is 0.128 e. The maximum absolute atomic E-state index is 5.79. The standard InChI is InChI=1S/C8H20NOPS/c1-6-7-8(2)10-11(5,12)9(3)4/h8H,6-7H2,1-5H3. The molecule has 0 aliphatic carbocycles. The van der Waals surface area contributed by atoms with Crippen LogP contribution in [-0.4, -0.2) is 31.5 Å². The molecule has 2 nitrogen and oxygen atoms in total. The average Bonchev–Trinajstić information content (AvgIpc) is 1.85. The van der Waals surface area contributed by atoms with Crippen LogP contribution in [-0.2, 0) is 16.3 Å². The Hall–Kier alpha value is 0.570. The molecule has 2 unspecified atom stereocenters. The van der Waals surface area contributed by atoms with Crippen molar-refractivity contribution in [1.29, 1.82) is 0 Å². The summed E-state index contributed by atoms with van der Waals surface area (Å²) in [6, 6.07) is 0. The van der Waals surface area contributed by atoms with Gasteiger partial charge in [-0.25, -0.2) is 0 Å². The van der Waals surface area contributed by atoms with Crippen LogP contribution in [0, 0.1) is 0 Å². The van der Waals surface area contributed by atoms with Crippen LogP contribution in [0.5, 0.6) is 0 Å². The Balaban J connectivity index is 3.97. The van der Waals surface area contributed by atoms with Gasteiger partial charge in [0, 0.05) is 6.66 Å². The van der Waals surface area contributed by atoms with Gasteiger partial charge in [0.15, 0.2) is 0 Å². The molecule has 0 aromatic rings. The van der Waals surface area contributed by atoms with Gasteiger partial charge in [0.25, 0.3) is 0 Å². The molecule has 0 aromatic carbocycles. The van der Waals surface area contributed by atoms with Crippen LogP contribution in [0.25, 0.3) is 0 Å². The lowest BCUT2D eigenvalue weighted by molar-refractivity contribution is 0.220. The molecule has 0 radical (unpaired) electrons. The first-order valence-electron chi connectivity index (χ1n) is 4.34. The predicted octanol–water partition coefficient (Wildman–Crippen LogP) is 2.69. The van der Waals surface area contributed by atoms with Crippen LogP contribution in [0.3, 0.4) is 0 Å². The highest BCUT2D eigenvalue weighted by atomic mass is 32.4. The van der Waals surface area contributed by atoms with Crippen molar-refractivity contribution < 1.29 is 4.52 Å². The molecular formula is C8H20NOPS. The van der Waals surface area contributed by atoms with Crippen molar-refractivity contribution in [3.05, 3.63) is 0 Å². The Labute approximate surface area is 81.4 Å². The van der Waals surface area contributed by atoms with Crippen LogP contribution < -0.4 is 0 Å². The highest BCUT2D eigenvalue weighted by Crippen LogP contribution is 2.46. The van der Waals surface area contributed by atoms with Gasteiger partial charge < -0.3 is 4.52 Å². The number of hydrogen-bond donors (Lipinski definition) is 0. The van der Waals surface area contributed by atoms with Crippen LogP contribution in [0.4, 0.5) is 0 Å². The Morgan fingerprint density at radius 3 is 2.33 bits per heavy atom. The first-order valence-corrected chi connectivity index (χ1v) is 7.46. The first-order chi connectivity index (χ1) is 5.40. The van der Waals surface area contributed by atoms with Gasteiger partial charge in [-0.05, 0) is 27.4 Å². The summed E-state index contributed by atoms with van der Waals surface area (Å²) in [5, 5.41) is 0. The van der Waals surface area contributed by atoms with E-state index >= 15 is 0 Å². The Bertz CT molecular complexity index is 172. The van der Waals surface area contributed by atoms with Crippen LogP contribution in [0.1, 0.15) is 26.7 Å². The van der Waals surface area contributed by atoms with E-state index in [0.717, 1.165) is 12.8 Å². The third-order valence-corrected chi connectivity index (χ3v) is 5.24. The third-order valence-electron chi connectivity index (χ3n) is 1.80. The van der Waals surface area contributed by atoms with Crippen molar-refractivity contribution in [3.8, 4) is 0 Å². The van der Waals surface area contributed by atoms with Crippen molar-refractivity contribution >= 4 is 18.2 Å². The van der Waals surface area contributed by atoms with E-state index < -0.39 is 6.42 Å². The molecule has 4 heteroatoms. The second-order valence-electron chi connectivity index (χ2n) is 3.35. The van der Waals surface area contributed by atoms with Crippen molar-refractivity contribution in [2.24, 2.45) is 0 Å². The van der Waals surface area contributed by atoms with Crippen molar-refractivity contribution in [1.82, 2.24) is 4.67 Å².